The smallest absolute Gasteiger partial charge is 0.191 e. The van der Waals surface area contributed by atoms with Gasteiger partial charge < -0.3 is 15.6 Å². The molecule has 0 unspecified atom stereocenters. The Morgan fingerprint density at radius 1 is 1.20 bits per heavy atom. The number of rotatable bonds is 9. The number of H-pyrrole nitrogens is 1. The number of nitrogens with zero attached hydrogens (tertiary/aromatic N) is 2. The Hall–Kier alpha value is -1.31. The molecule has 0 saturated carbocycles. The molecule has 0 atom stereocenters. The van der Waals surface area contributed by atoms with Gasteiger partial charge in [-0.25, -0.2) is 4.98 Å². The molecule has 1 aromatic carbocycles. The van der Waals surface area contributed by atoms with Crippen molar-refractivity contribution >= 4 is 41.0 Å². The van der Waals surface area contributed by atoms with Gasteiger partial charge in [0.2, 0.25) is 0 Å². The van der Waals surface area contributed by atoms with Gasteiger partial charge in [-0.15, -0.1) is 24.0 Å². The van der Waals surface area contributed by atoms with Gasteiger partial charge in [0.1, 0.15) is 5.82 Å². The Bertz CT molecular complexity index is 603. The van der Waals surface area contributed by atoms with Crippen molar-refractivity contribution in [1.29, 1.82) is 0 Å². The van der Waals surface area contributed by atoms with Crippen molar-refractivity contribution in [3.63, 3.8) is 0 Å². The molecule has 0 fully saturated rings. The molecule has 1 aromatic heterocycles. The number of para-hydroxylation sites is 2. The molecule has 0 aliphatic carbocycles. The van der Waals surface area contributed by atoms with E-state index in [1.54, 1.807) is 0 Å². The fraction of sp³-hybridized carbons (Fsp3) is 0.579. The molecule has 140 valence electrons. The summed E-state index contributed by atoms with van der Waals surface area (Å²) in [6, 6.07) is 8.15. The third kappa shape index (κ3) is 8.07. The molecule has 5 nitrogen and oxygen atoms in total. The Morgan fingerprint density at radius 3 is 2.72 bits per heavy atom. The highest BCUT2D eigenvalue weighted by atomic mass is 127. The van der Waals surface area contributed by atoms with Gasteiger partial charge in [-0.05, 0) is 44.2 Å². The van der Waals surface area contributed by atoms with Crippen LogP contribution in [0.1, 0.15) is 45.9 Å². The van der Waals surface area contributed by atoms with E-state index in [9.17, 15) is 0 Å². The molecule has 2 aromatic rings. The first-order valence-corrected chi connectivity index (χ1v) is 9.15. The summed E-state index contributed by atoms with van der Waals surface area (Å²) in [6.07, 6.45) is 4.34. The van der Waals surface area contributed by atoms with E-state index < -0.39 is 0 Å². The average Bonchev–Trinajstić information content (AvgIpc) is 2.98. The van der Waals surface area contributed by atoms with Crippen LogP contribution in [-0.2, 0) is 6.42 Å². The third-order valence-corrected chi connectivity index (χ3v) is 3.87. The Labute approximate surface area is 168 Å². The molecule has 0 bridgehead atoms. The zero-order valence-corrected chi connectivity index (χ0v) is 18.0. The summed E-state index contributed by atoms with van der Waals surface area (Å²) in [7, 11) is 0. The maximum atomic E-state index is 4.65. The van der Waals surface area contributed by atoms with Crippen LogP contribution in [0.3, 0.4) is 0 Å². The topological polar surface area (TPSA) is 65.1 Å². The van der Waals surface area contributed by atoms with E-state index in [-0.39, 0.29) is 24.0 Å². The molecule has 0 saturated heterocycles. The maximum absolute atomic E-state index is 4.65. The fourth-order valence-corrected chi connectivity index (χ4v) is 2.62. The second-order valence-corrected chi connectivity index (χ2v) is 6.53. The fourth-order valence-electron chi connectivity index (χ4n) is 2.62. The molecule has 0 amide bonds. The van der Waals surface area contributed by atoms with Gasteiger partial charge in [0.25, 0.3) is 0 Å². The number of imidazole rings is 1. The number of aromatic nitrogens is 2. The van der Waals surface area contributed by atoms with Gasteiger partial charge in [-0.3, -0.25) is 4.99 Å². The summed E-state index contributed by atoms with van der Waals surface area (Å²) in [6.45, 7) is 9.29. The molecule has 2 rings (SSSR count). The minimum atomic E-state index is 0. The van der Waals surface area contributed by atoms with Gasteiger partial charge in [0.05, 0.1) is 11.0 Å². The Kier molecular flexibility index (Phi) is 10.5. The van der Waals surface area contributed by atoms with Crippen LogP contribution < -0.4 is 10.6 Å². The van der Waals surface area contributed by atoms with E-state index in [0.717, 1.165) is 61.2 Å². The van der Waals surface area contributed by atoms with Crippen LogP contribution in [0.5, 0.6) is 0 Å². The molecule has 0 aliphatic heterocycles. The van der Waals surface area contributed by atoms with E-state index in [1.807, 2.05) is 18.2 Å². The number of nitrogens with one attached hydrogen (secondary N) is 3. The highest BCUT2D eigenvalue weighted by Crippen LogP contribution is 2.11. The van der Waals surface area contributed by atoms with Crippen LogP contribution >= 0.6 is 24.0 Å². The Balaban J connectivity index is 0.00000312. The predicted octanol–water partition coefficient (Wildman–Crippen LogP) is 4.10. The van der Waals surface area contributed by atoms with Gasteiger partial charge >= 0.3 is 0 Å². The monoisotopic (exact) mass is 457 g/mol. The van der Waals surface area contributed by atoms with Crippen molar-refractivity contribution in [1.82, 2.24) is 20.6 Å². The number of fused-ring (bicyclic) bond motifs is 1. The minimum absolute atomic E-state index is 0. The van der Waals surface area contributed by atoms with Crippen LogP contribution in [-0.4, -0.2) is 35.6 Å². The Morgan fingerprint density at radius 2 is 2.00 bits per heavy atom. The first kappa shape index (κ1) is 21.7. The lowest BCUT2D eigenvalue weighted by Crippen LogP contribution is -2.38. The zero-order valence-electron chi connectivity index (χ0n) is 15.6. The summed E-state index contributed by atoms with van der Waals surface area (Å²) >= 11 is 0. The number of aliphatic imine (C=N–C) groups is 1. The molecule has 0 radical (unpaired) electrons. The normalized spacial score (nSPS) is 11.6. The first-order valence-electron chi connectivity index (χ1n) is 9.15. The molecule has 1 heterocycles. The van der Waals surface area contributed by atoms with Crippen molar-refractivity contribution in [2.75, 3.05) is 19.6 Å². The number of guanidine groups is 1. The second kappa shape index (κ2) is 12.1. The lowest BCUT2D eigenvalue weighted by atomic mass is 10.1. The average molecular weight is 457 g/mol. The van der Waals surface area contributed by atoms with Crippen molar-refractivity contribution < 1.29 is 0 Å². The van der Waals surface area contributed by atoms with Crippen molar-refractivity contribution in [2.45, 2.75) is 46.5 Å². The van der Waals surface area contributed by atoms with Crippen molar-refractivity contribution in [2.24, 2.45) is 10.9 Å². The van der Waals surface area contributed by atoms with Crippen LogP contribution in [0, 0.1) is 5.92 Å². The summed E-state index contributed by atoms with van der Waals surface area (Å²) in [5.74, 6) is 2.72. The molecule has 6 heteroatoms. The van der Waals surface area contributed by atoms with E-state index >= 15 is 0 Å². The summed E-state index contributed by atoms with van der Waals surface area (Å²) in [4.78, 5) is 12.6. The largest absolute Gasteiger partial charge is 0.357 e. The lowest BCUT2D eigenvalue weighted by molar-refractivity contribution is 0.549. The minimum Gasteiger partial charge on any atom is -0.357 e. The molecular formula is C19H32IN5. The predicted molar refractivity (Wildman–Crippen MR) is 118 cm³/mol. The molecule has 3 N–H and O–H groups in total. The van der Waals surface area contributed by atoms with Crippen LogP contribution in [0.25, 0.3) is 11.0 Å². The number of aryl methyl sites for hydroxylation is 1. The summed E-state index contributed by atoms with van der Waals surface area (Å²) in [5.41, 5.74) is 2.15. The van der Waals surface area contributed by atoms with E-state index in [1.165, 1.54) is 12.8 Å². The third-order valence-electron chi connectivity index (χ3n) is 3.87. The molecule has 0 aliphatic rings. The first-order chi connectivity index (χ1) is 11.7. The molecular weight excluding hydrogens is 425 g/mol. The lowest BCUT2D eigenvalue weighted by Gasteiger charge is -2.11. The molecule has 0 spiro atoms. The number of benzene rings is 1. The zero-order chi connectivity index (χ0) is 17.2. The summed E-state index contributed by atoms with van der Waals surface area (Å²) in [5, 5.41) is 6.72. The van der Waals surface area contributed by atoms with Crippen LogP contribution in [0.15, 0.2) is 29.3 Å². The van der Waals surface area contributed by atoms with E-state index in [4.69, 9.17) is 0 Å². The van der Waals surface area contributed by atoms with E-state index in [2.05, 4.69) is 52.4 Å². The number of hydrogen-bond donors (Lipinski definition) is 3. The van der Waals surface area contributed by atoms with Gasteiger partial charge in [0, 0.05) is 26.1 Å². The summed E-state index contributed by atoms with van der Waals surface area (Å²) < 4.78 is 0. The molecule has 25 heavy (non-hydrogen) atoms. The highest BCUT2D eigenvalue weighted by molar-refractivity contribution is 14.0. The van der Waals surface area contributed by atoms with Crippen molar-refractivity contribution in [3.05, 3.63) is 30.1 Å². The second-order valence-electron chi connectivity index (χ2n) is 6.53. The van der Waals surface area contributed by atoms with Gasteiger partial charge in [-0.1, -0.05) is 26.0 Å². The van der Waals surface area contributed by atoms with Crippen LogP contribution in [0.2, 0.25) is 0 Å². The number of hydrogen-bond acceptors (Lipinski definition) is 2. The number of aromatic amines is 1. The quantitative estimate of drug-likeness (QED) is 0.230. The van der Waals surface area contributed by atoms with Crippen molar-refractivity contribution in [3.8, 4) is 0 Å². The maximum Gasteiger partial charge on any atom is 0.191 e. The standard InChI is InChI=1S/C19H31N5.HI/c1-4-20-19(21-13-7-9-15(2)3)22-14-8-12-18-23-16-10-5-6-11-17(16)24-18;/h5-6,10-11,15H,4,7-9,12-14H2,1-3H3,(H,23,24)(H2,20,21,22);1H. The van der Waals surface area contributed by atoms with Gasteiger partial charge in [0.15, 0.2) is 5.96 Å². The number of halogens is 1. The SMILES string of the molecule is CCNC(=NCCCc1nc2ccccc2[nH]1)NCCCC(C)C.I. The highest BCUT2D eigenvalue weighted by Gasteiger charge is 2.02. The van der Waals surface area contributed by atoms with Gasteiger partial charge in [-0.2, -0.15) is 0 Å². The van der Waals surface area contributed by atoms with Crippen LogP contribution in [0.4, 0.5) is 0 Å². The van der Waals surface area contributed by atoms with E-state index in [0.29, 0.717) is 0 Å².